The molecule has 1 radical (unpaired) electrons. The van der Waals surface area contributed by atoms with Gasteiger partial charge in [-0.15, -0.1) is 0 Å². The van der Waals surface area contributed by atoms with Gasteiger partial charge in [0, 0.05) is 0 Å². The van der Waals surface area contributed by atoms with Crippen LogP contribution in [0.2, 0.25) is 0 Å². The SMILES string of the molecule is [NH]C(=O)Cc1ccc(CO)cc1. The summed E-state index contributed by atoms with van der Waals surface area (Å²) >= 11 is 0. The van der Waals surface area contributed by atoms with Gasteiger partial charge in [-0.05, 0) is 11.1 Å². The fourth-order valence-corrected chi connectivity index (χ4v) is 0.948. The average Bonchev–Trinajstić information content (AvgIpc) is 2.05. The fourth-order valence-electron chi connectivity index (χ4n) is 0.948. The molecule has 1 aromatic carbocycles. The third kappa shape index (κ3) is 2.36. The van der Waals surface area contributed by atoms with Crippen molar-refractivity contribution in [3.05, 3.63) is 35.4 Å². The largest absolute Gasteiger partial charge is 0.392 e. The molecule has 0 aliphatic rings. The molecular formula is C9H10NO2. The van der Waals surface area contributed by atoms with Gasteiger partial charge >= 0.3 is 0 Å². The Kier molecular flexibility index (Phi) is 2.82. The molecule has 63 valence electrons. The highest BCUT2D eigenvalue weighted by Gasteiger charge is 1.98. The maximum atomic E-state index is 10.4. The zero-order valence-electron chi connectivity index (χ0n) is 6.58. The van der Waals surface area contributed by atoms with Crippen molar-refractivity contribution in [1.82, 2.24) is 5.73 Å². The average molecular weight is 164 g/mol. The summed E-state index contributed by atoms with van der Waals surface area (Å²) in [4.78, 5) is 10.4. The maximum Gasteiger partial charge on any atom is 0.242 e. The van der Waals surface area contributed by atoms with Gasteiger partial charge in [0.05, 0.1) is 13.0 Å². The third-order valence-electron chi connectivity index (χ3n) is 1.57. The van der Waals surface area contributed by atoms with Crippen LogP contribution in [0.4, 0.5) is 0 Å². The van der Waals surface area contributed by atoms with Crippen molar-refractivity contribution in [2.75, 3.05) is 0 Å². The Labute approximate surface area is 70.8 Å². The fraction of sp³-hybridized carbons (Fsp3) is 0.222. The molecule has 3 heteroatoms. The minimum absolute atomic E-state index is 0.00903. The first-order valence-corrected chi connectivity index (χ1v) is 3.65. The second kappa shape index (κ2) is 3.88. The number of amides is 1. The van der Waals surface area contributed by atoms with Crippen LogP contribution in [-0.4, -0.2) is 11.0 Å². The van der Waals surface area contributed by atoms with Crippen LogP contribution in [0.3, 0.4) is 0 Å². The van der Waals surface area contributed by atoms with Crippen LogP contribution >= 0.6 is 0 Å². The molecule has 0 spiro atoms. The summed E-state index contributed by atoms with van der Waals surface area (Å²) in [6.07, 6.45) is 0.145. The van der Waals surface area contributed by atoms with E-state index in [0.717, 1.165) is 11.1 Å². The number of carbonyl (C=O) groups excluding carboxylic acids is 1. The highest BCUT2D eigenvalue weighted by Crippen LogP contribution is 2.04. The van der Waals surface area contributed by atoms with Gasteiger partial charge in [-0.25, -0.2) is 0 Å². The zero-order valence-corrected chi connectivity index (χ0v) is 6.58. The molecule has 0 atom stereocenters. The Hall–Kier alpha value is -1.35. The predicted molar refractivity (Wildman–Crippen MR) is 44.2 cm³/mol. The van der Waals surface area contributed by atoms with Crippen molar-refractivity contribution in [2.24, 2.45) is 0 Å². The van der Waals surface area contributed by atoms with Crippen LogP contribution in [0.1, 0.15) is 11.1 Å². The second-order valence-corrected chi connectivity index (χ2v) is 2.57. The van der Waals surface area contributed by atoms with Crippen molar-refractivity contribution >= 4 is 5.91 Å². The normalized spacial score (nSPS) is 9.75. The summed E-state index contributed by atoms with van der Waals surface area (Å²) in [6.45, 7) is 0.00903. The van der Waals surface area contributed by atoms with Crippen LogP contribution in [0.15, 0.2) is 24.3 Å². The maximum absolute atomic E-state index is 10.4. The summed E-state index contributed by atoms with van der Waals surface area (Å²) in [7, 11) is 0. The molecule has 0 aromatic heterocycles. The van der Waals surface area contributed by atoms with Crippen molar-refractivity contribution in [3.63, 3.8) is 0 Å². The van der Waals surface area contributed by atoms with Crippen molar-refractivity contribution in [3.8, 4) is 0 Å². The van der Waals surface area contributed by atoms with Gasteiger partial charge in [-0.2, -0.15) is 0 Å². The number of carbonyl (C=O) groups is 1. The van der Waals surface area contributed by atoms with Crippen LogP contribution in [-0.2, 0) is 17.8 Å². The minimum Gasteiger partial charge on any atom is -0.392 e. The van der Waals surface area contributed by atoms with Gasteiger partial charge in [-0.1, -0.05) is 24.3 Å². The van der Waals surface area contributed by atoms with E-state index < -0.39 is 5.91 Å². The standard InChI is InChI=1S/C9H10NO2/c10-9(12)5-7-1-3-8(6-11)4-2-7/h1-4,10-11H,5-6H2. The lowest BCUT2D eigenvalue weighted by molar-refractivity contribution is -0.118. The van der Waals surface area contributed by atoms with E-state index in [2.05, 4.69) is 0 Å². The molecule has 0 fully saturated rings. The van der Waals surface area contributed by atoms with E-state index in [1.807, 2.05) is 0 Å². The molecule has 0 unspecified atom stereocenters. The lowest BCUT2D eigenvalue weighted by atomic mass is 10.1. The lowest BCUT2D eigenvalue weighted by Gasteiger charge is -1.98. The molecule has 0 aliphatic heterocycles. The van der Waals surface area contributed by atoms with E-state index in [-0.39, 0.29) is 13.0 Å². The molecule has 0 saturated heterocycles. The topological polar surface area (TPSA) is 61.1 Å². The second-order valence-electron chi connectivity index (χ2n) is 2.57. The van der Waals surface area contributed by atoms with Crippen molar-refractivity contribution in [2.45, 2.75) is 13.0 Å². The minimum atomic E-state index is -0.591. The molecule has 3 nitrogen and oxygen atoms in total. The van der Waals surface area contributed by atoms with Gasteiger partial charge in [-0.3, -0.25) is 10.5 Å². The summed E-state index contributed by atoms with van der Waals surface area (Å²) in [6, 6.07) is 6.99. The summed E-state index contributed by atoms with van der Waals surface area (Å²) in [5.74, 6) is -0.591. The molecule has 0 aliphatic carbocycles. The molecule has 1 rings (SSSR count). The Balaban J connectivity index is 2.71. The first-order valence-electron chi connectivity index (χ1n) is 3.65. The van der Waals surface area contributed by atoms with Crippen LogP contribution in [0, 0.1) is 0 Å². The number of hydrogen-bond donors (Lipinski definition) is 1. The van der Waals surface area contributed by atoms with Crippen LogP contribution < -0.4 is 5.73 Å². The van der Waals surface area contributed by atoms with Crippen LogP contribution in [0.5, 0.6) is 0 Å². The molecule has 1 amide bonds. The van der Waals surface area contributed by atoms with Gasteiger partial charge in [0.25, 0.3) is 0 Å². The highest BCUT2D eigenvalue weighted by molar-refractivity contribution is 5.75. The third-order valence-corrected chi connectivity index (χ3v) is 1.57. The van der Waals surface area contributed by atoms with Gasteiger partial charge in [0.1, 0.15) is 0 Å². The molecule has 2 N–H and O–H groups in total. The lowest BCUT2D eigenvalue weighted by Crippen LogP contribution is -2.02. The molecule has 1 aromatic rings. The number of aliphatic hydroxyl groups excluding tert-OH is 1. The van der Waals surface area contributed by atoms with E-state index in [1.165, 1.54) is 0 Å². The molecular weight excluding hydrogens is 154 g/mol. The van der Waals surface area contributed by atoms with E-state index in [4.69, 9.17) is 10.8 Å². The highest BCUT2D eigenvalue weighted by atomic mass is 16.3. The van der Waals surface area contributed by atoms with Gasteiger partial charge in [0.2, 0.25) is 5.91 Å². The molecule has 0 bridgehead atoms. The van der Waals surface area contributed by atoms with Crippen LogP contribution in [0.25, 0.3) is 0 Å². The number of hydrogen-bond acceptors (Lipinski definition) is 2. The zero-order chi connectivity index (χ0) is 8.97. The van der Waals surface area contributed by atoms with Crippen molar-refractivity contribution in [1.29, 1.82) is 0 Å². The number of benzene rings is 1. The number of aliphatic hydroxyl groups is 1. The summed E-state index contributed by atoms with van der Waals surface area (Å²) in [5, 5.41) is 8.71. The Morgan fingerprint density at radius 3 is 2.17 bits per heavy atom. The molecule has 0 heterocycles. The Morgan fingerprint density at radius 1 is 1.25 bits per heavy atom. The van der Waals surface area contributed by atoms with E-state index in [9.17, 15) is 4.79 Å². The van der Waals surface area contributed by atoms with Gasteiger partial charge < -0.3 is 5.11 Å². The first-order chi connectivity index (χ1) is 5.72. The monoisotopic (exact) mass is 164 g/mol. The van der Waals surface area contributed by atoms with E-state index in [0.29, 0.717) is 0 Å². The number of nitrogens with one attached hydrogen (secondary N) is 1. The molecule has 12 heavy (non-hydrogen) atoms. The molecule has 0 saturated carbocycles. The number of rotatable bonds is 3. The first kappa shape index (κ1) is 8.74. The summed E-state index contributed by atoms with van der Waals surface area (Å²) in [5.41, 5.74) is 8.35. The van der Waals surface area contributed by atoms with E-state index >= 15 is 0 Å². The Morgan fingerprint density at radius 2 is 1.75 bits per heavy atom. The Bertz CT molecular complexity index is 266. The van der Waals surface area contributed by atoms with Gasteiger partial charge in [0.15, 0.2) is 0 Å². The van der Waals surface area contributed by atoms with E-state index in [1.54, 1.807) is 24.3 Å². The summed E-state index contributed by atoms with van der Waals surface area (Å²) < 4.78 is 0. The quantitative estimate of drug-likeness (QED) is 0.708. The predicted octanol–water partition coefficient (Wildman–Crippen LogP) is 0.531. The van der Waals surface area contributed by atoms with Crippen molar-refractivity contribution < 1.29 is 9.90 Å². The smallest absolute Gasteiger partial charge is 0.242 e.